The predicted octanol–water partition coefficient (Wildman–Crippen LogP) is 3.19. The molecule has 1 heterocycles. The Kier molecular flexibility index (Phi) is 3.36. The first-order chi connectivity index (χ1) is 7.20. The highest BCUT2D eigenvalue weighted by Crippen LogP contribution is 2.32. The summed E-state index contributed by atoms with van der Waals surface area (Å²) in [5.74, 6) is -1.30. The van der Waals surface area contributed by atoms with Crippen LogP contribution in [0, 0.1) is 11.6 Å². The summed E-state index contributed by atoms with van der Waals surface area (Å²) in [6.45, 7) is 1.85. The molecule has 1 fully saturated rings. The molecule has 1 unspecified atom stereocenters. The zero-order chi connectivity index (χ0) is 10.8. The molecule has 1 nitrogen and oxygen atoms in total. The average Bonchev–Trinajstić information content (AvgIpc) is 2.27. The van der Waals surface area contributed by atoms with Gasteiger partial charge in [-0.05, 0) is 52.9 Å². The van der Waals surface area contributed by atoms with Crippen LogP contribution in [0.25, 0.3) is 0 Å². The first-order valence-electron chi connectivity index (χ1n) is 5.04. The summed E-state index contributed by atoms with van der Waals surface area (Å²) >= 11 is 3.12. The van der Waals surface area contributed by atoms with Gasteiger partial charge in [-0.1, -0.05) is 6.07 Å². The molecule has 0 aromatic heterocycles. The second-order valence-electron chi connectivity index (χ2n) is 3.81. The molecule has 0 radical (unpaired) electrons. The first kappa shape index (κ1) is 11.0. The van der Waals surface area contributed by atoms with E-state index in [-0.39, 0.29) is 10.4 Å². The molecule has 1 atom stereocenters. The Labute approximate surface area is 96.0 Å². The van der Waals surface area contributed by atoms with E-state index in [9.17, 15) is 8.78 Å². The fourth-order valence-electron chi connectivity index (χ4n) is 1.97. The third-order valence-corrected chi connectivity index (χ3v) is 3.61. The molecule has 0 spiro atoms. The van der Waals surface area contributed by atoms with Crippen molar-refractivity contribution in [2.75, 3.05) is 13.1 Å². The average molecular weight is 276 g/mol. The number of rotatable bonds is 1. The summed E-state index contributed by atoms with van der Waals surface area (Å²) in [6, 6.07) is 2.87. The van der Waals surface area contributed by atoms with Gasteiger partial charge in [0, 0.05) is 6.54 Å². The number of nitrogens with one attached hydrogen (secondary N) is 1. The SMILES string of the molecule is Fc1ccc(C2CCCNC2)c(Br)c1F. The Bertz CT molecular complexity index is 362. The molecule has 0 aliphatic carbocycles. The van der Waals surface area contributed by atoms with E-state index in [4.69, 9.17) is 0 Å². The fourth-order valence-corrected chi connectivity index (χ4v) is 2.62. The summed E-state index contributed by atoms with van der Waals surface area (Å²) < 4.78 is 26.5. The lowest BCUT2D eigenvalue weighted by atomic mass is 9.91. The van der Waals surface area contributed by atoms with Gasteiger partial charge < -0.3 is 5.32 Å². The van der Waals surface area contributed by atoms with Gasteiger partial charge in [-0.3, -0.25) is 0 Å². The van der Waals surface area contributed by atoms with E-state index in [1.165, 1.54) is 6.07 Å². The molecule has 1 aliphatic rings. The predicted molar refractivity (Wildman–Crippen MR) is 58.9 cm³/mol. The molecular formula is C11H12BrF2N. The quantitative estimate of drug-likeness (QED) is 0.777. The summed E-state index contributed by atoms with van der Waals surface area (Å²) in [7, 11) is 0. The number of piperidine rings is 1. The summed E-state index contributed by atoms with van der Waals surface area (Å²) in [5, 5.41) is 3.26. The van der Waals surface area contributed by atoms with Crippen LogP contribution in [-0.4, -0.2) is 13.1 Å². The molecule has 1 aromatic carbocycles. The zero-order valence-corrected chi connectivity index (χ0v) is 9.78. The highest BCUT2D eigenvalue weighted by molar-refractivity contribution is 9.10. The van der Waals surface area contributed by atoms with Crippen molar-refractivity contribution in [3.63, 3.8) is 0 Å². The number of benzene rings is 1. The van der Waals surface area contributed by atoms with Crippen molar-refractivity contribution >= 4 is 15.9 Å². The lowest BCUT2D eigenvalue weighted by Crippen LogP contribution is -2.28. The molecule has 1 aliphatic heterocycles. The van der Waals surface area contributed by atoms with Crippen LogP contribution >= 0.6 is 15.9 Å². The molecule has 1 saturated heterocycles. The van der Waals surface area contributed by atoms with Crippen molar-refractivity contribution in [2.24, 2.45) is 0 Å². The molecule has 82 valence electrons. The van der Waals surface area contributed by atoms with Crippen LogP contribution in [0.2, 0.25) is 0 Å². The van der Waals surface area contributed by atoms with E-state index >= 15 is 0 Å². The Hall–Kier alpha value is -0.480. The first-order valence-corrected chi connectivity index (χ1v) is 5.83. The van der Waals surface area contributed by atoms with Gasteiger partial charge in [0.1, 0.15) is 0 Å². The molecule has 0 saturated carbocycles. The van der Waals surface area contributed by atoms with Crippen LogP contribution in [-0.2, 0) is 0 Å². The van der Waals surface area contributed by atoms with Crippen LogP contribution in [0.5, 0.6) is 0 Å². The highest BCUT2D eigenvalue weighted by Gasteiger charge is 2.20. The monoisotopic (exact) mass is 275 g/mol. The molecule has 1 N–H and O–H groups in total. The van der Waals surface area contributed by atoms with Gasteiger partial charge in [0.2, 0.25) is 0 Å². The minimum absolute atomic E-state index is 0.274. The van der Waals surface area contributed by atoms with Gasteiger partial charge >= 0.3 is 0 Å². The molecule has 2 rings (SSSR count). The third kappa shape index (κ3) is 2.21. The fraction of sp³-hybridized carbons (Fsp3) is 0.455. The maximum atomic E-state index is 13.3. The van der Waals surface area contributed by atoms with Crippen LogP contribution in [0.1, 0.15) is 24.3 Å². The van der Waals surface area contributed by atoms with Crippen LogP contribution in [0.3, 0.4) is 0 Å². The summed E-state index contributed by atoms with van der Waals surface area (Å²) in [6.07, 6.45) is 2.10. The van der Waals surface area contributed by atoms with E-state index in [0.717, 1.165) is 31.5 Å². The molecule has 0 bridgehead atoms. The van der Waals surface area contributed by atoms with Crippen molar-refractivity contribution in [1.82, 2.24) is 5.32 Å². The van der Waals surface area contributed by atoms with E-state index in [2.05, 4.69) is 21.2 Å². The second-order valence-corrected chi connectivity index (χ2v) is 4.60. The molecular weight excluding hydrogens is 264 g/mol. The van der Waals surface area contributed by atoms with Gasteiger partial charge in [-0.25, -0.2) is 8.78 Å². The summed E-state index contributed by atoms with van der Waals surface area (Å²) in [4.78, 5) is 0. The third-order valence-electron chi connectivity index (χ3n) is 2.80. The van der Waals surface area contributed by atoms with Crippen LogP contribution in [0.15, 0.2) is 16.6 Å². The van der Waals surface area contributed by atoms with Crippen molar-refractivity contribution in [3.8, 4) is 0 Å². The lowest BCUT2D eigenvalue weighted by Gasteiger charge is -2.24. The number of hydrogen-bond donors (Lipinski definition) is 1. The largest absolute Gasteiger partial charge is 0.316 e. The summed E-state index contributed by atoms with van der Waals surface area (Å²) in [5.41, 5.74) is 0.862. The molecule has 0 amide bonds. The van der Waals surface area contributed by atoms with Gasteiger partial charge in [-0.15, -0.1) is 0 Å². The molecule has 4 heteroatoms. The normalized spacial score (nSPS) is 21.7. The number of halogens is 3. The lowest BCUT2D eigenvalue weighted by molar-refractivity contribution is 0.452. The van der Waals surface area contributed by atoms with Crippen molar-refractivity contribution in [1.29, 1.82) is 0 Å². The second kappa shape index (κ2) is 4.58. The standard InChI is InChI=1S/C11H12BrF2N/c12-10-8(3-4-9(13)11(10)14)7-2-1-5-15-6-7/h3-4,7,15H,1-2,5-6H2. The van der Waals surface area contributed by atoms with Crippen molar-refractivity contribution in [2.45, 2.75) is 18.8 Å². The van der Waals surface area contributed by atoms with E-state index < -0.39 is 11.6 Å². The maximum absolute atomic E-state index is 13.3. The van der Waals surface area contributed by atoms with E-state index in [1.807, 2.05) is 0 Å². The van der Waals surface area contributed by atoms with Gasteiger partial charge in [0.05, 0.1) is 4.47 Å². The molecule has 15 heavy (non-hydrogen) atoms. The van der Waals surface area contributed by atoms with Crippen LogP contribution < -0.4 is 5.32 Å². The Balaban J connectivity index is 2.31. The minimum atomic E-state index is -0.797. The Morgan fingerprint density at radius 2 is 2.13 bits per heavy atom. The maximum Gasteiger partial charge on any atom is 0.173 e. The zero-order valence-electron chi connectivity index (χ0n) is 8.19. The van der Waals surface area contributed by atoms with Gasteiger partial charge in [0.15, 0.2) is 11.6 Å². The highest BCUT2D eigenvalue weighted by atomic mass is 79.9. The van der Waals surface area contributed by atoms with Crippen molar-refractivity contribution in [3.05, 3.63) is 33.8 Å². The number of hydrogen-bond acceptors (Lipinski definition) is 1. The van der Waals surface area contributed by atoms with E-state index in [1.54, 1.807) is 6.07 Å². The van der Waals surface area contributed by atoms with Crippen molar-refractivity contribution < 1.29 is 8.78 Å². The smallest absolute Gasteiger partial charge is 0.173 e. The Morgan fingerprint density at radius 3 is 2.80 bits per heavy atom. The van der Waals surface area contributed by atoms with E-state index in [0.29, 0.717) is 0 Å². The molecule has 1 aromatic rings. The topological polar surface area (TPSA) is 12.0 Å². The van der Waals surface area contributed by atoms with Crippen LogP contribution in [0.4, 0.5) is 8.78 Å². The minimum Gasteiger partial charge on any atom is -0.316 e. The Morgan fingerprint density at radius 1 is 1.33 bits per heavy atom. The van der Waals surface area contributed by atoms with Gasteiger partial charge in [0.25, 0.3) is 0 Å². The van der Waals surface area contributed by atoms with Gasteiger partial charge in [-0.2, -0.15) is 0 Å².